The Bertz CT molecular complexity index is 230. The van der Waals surface area contributed by atoms with Crippen molar-refractivity contribution in [1.82, 2.24) is 0 Å². The first-order valence-electron chi connectivity index (χ1n) is 4.25. The van der Waals surface area contributed by atoms with Gasteiger partial charge < -0.3 is 0 Å². The van der Waals surface area contributed by atoms with E-state index in [9.17, 15) is 0 Å². The second-order valence-electron chi connectivity index (χ2n) is 3.74. The van der Waals surface area contributed by atoms with Crippen molar-refractivity contribution in [2.75, 3.05) is 0 Å². The number of hydrogen-bond acceptors (Lipinski definition) is 0. The first kappa shape index (κ1) is 11.4. The zero-order chi connectivity index (χ0) is 10.1. The minimum absolute atomic E-state index is 0.0162. The summed E-state index contributed by atoms with van der Waals surface area (Å²) in [6.07, 6.45) is 3.50. The maximum absolute atomic E-state index is 6.23. The molecule has 1 aliphatic rings. The number of rotatable bonds is 1. The topological polar surface area (TPSA) is 0 Å². The molecule has 0 spiro atoms. The first-order chi connectivity index (χ1) is 5.97. The molecule has 0 aliphatic heterocycles. The lowest BCUT2D eigenvalue weighted by atomic mass is 9.79. The SMILES string of the molecule is C=C1CC(C)(Cl)C(Cl)CC1C=CCl. The molecule has 3 unspecified atom stereocenters. The van der Waals surface area contributed by atoms with Crippen LogP contribution in [-0.2, 0) is 0 Å². The molecule has 3 atom stereocenters. The molecule has 0 saturated heterocycles. The predicted molar refractivity (Wildman–Crippen MR) is 60.8 cm³/mol. The van der Waals surface area contributed by atoms with Gasteiger partial charge in [0.05, 0.1) is 10.3 Å². The highest BCUT2D eigenvalue weighted by Gasteiger charge is 2.38. The summed E-state index contributed by atoms with van der Waals surface area (Å²) >= 11 is 17.9. The van der Waals surface area contributed by atoms with Gasteiger partial charge in [0, 0.05) is 11.5 Å². The van der Waals surface area contributed by atoms with E-state index >= 15 is 0 Å². The molecular formula is C10H13Cl3. The Morgan fingerprint density at radius 3 is 2.77 bits per heavy atom. The summed E-state index contributed by atoms with van der Waals surface area (Å²) in [7, 11) is 0. The van der Waals surface area contributed by atoms with Crippen molar-refractivity contribution in [1.29, 1.82) is 0 Å². The van der Waals surface area contributed by atoms with Crippen molar-refractivity contribution < 1.29 is 0 Å². The third-order valence-electron chi connectivity index (χ3n) is 2.52. The molecule has 0 heterocycles. The Labute approximate surface area is 94.5 Å². The quantitative estimate of drug-likeness (QED) is 0.472. The van der Waals surface area contributed by atoms with Crippen molar-refractivity contribution in [3.63, 3.8) is 0 Å². The molecule has 0 aromatic carbocycles. The molecule has 0 N–H and O–H groups in total. The number of halogens is 3. The van der Waals surface area contributed by atoms with Crippen LogP contribution in [0.25, 0.3) is 0 Å². The predicted octanol–water partition coefficient (Wildman–Crippen LogP) is 4.31. The molecule has 1 rings (SSSR count). The van der Waals surface area contributed by atoms with Crippen molar-refractivity contribution in [2.45, 2.75) is 30.0 Å². The van der Waals surface area contributed by atoms with Gasteiger partial charge in [-0.15, -0.1) is 23.2 Å². The molecule has 0 aromatic rings. The molecule has 0 amide bonds. The maximum Gasteiger partial charge on any atom is 0.0619 e. The van der Waals surface area contributed by atoms with E-state index in [4.69, 9.17) is 34.8 Å². The van der Waals surface area contributed by atoms with Gasteiger partial charge in [-0.3, -0.25) is 0 Å². The zero-order valence-electron chi connectivity index (χ0n) is 7.56. The lowest BCUT2D eigenvalue weighted by molar-refractivity contribution is 0.444. The van der Waals surface area contributed by atoms with Crippen LogP contribution in [0.3, 0.4) is 0 Å². The van der Waals surface area contributed by atoms with Gasteiger partial charge in [0.25, 0.3) is 0 Å². The highest BCUT2D eigenvalue weighted by atomic mass is 35.5. The van der Waals surface area contributed by atoms with Crippen LogP contribution >= 0.6 is 34.8 Å². The van der Waals surface area contributed by atoms with Gasteiger partial charge in [-0.05, 0) is 19.8 Å². The van der Waals surface area contributed by atoms with E-state index in [0.29, 0.717) is 0 Å². The minimum atomic E-state index is -0.352. The fourth-order valence-electron chi connectivity index (χ4n) is 1.62. The third-order valence-corrected chi connectivity index (χ3v) is 3.83. The summed E-state index contributed by atoms with van der Waals surface area (Å²) in [5.74, 6) is 0.284. The summed E-state index contributed by atoms with van der Waals surface area (Å²) in [4.78, 5) is -0.352. The van der Waals surface area contributed by atoms with Crippen LogP contribution in [0.4, 0.5) is 0 Å². The molecule has 0 nitrogen and oxygen atoms in total. The molecule has 0 aromatic heterocycles. The van der Waals surface area contributed by atoms with E-state index < -0.39 is 0 Å². The van der Waals surface area contributed by atoms with E-state index in [-0.39, 0.29) is 16.2 Å². The molecule has 1 saturated carbocycles. The molecule has 74 valence electrons. The summed E-state index contributed by atoms with van der Waals surface area (Å²) in [5, 5.41) is -0.0162. The monoisotopic (exact) mass is 238 g/mol. The molecule has 1 fully saturated rings. The summed E-state index contributed by atoms with van der Waals surface area (Å²) in [6, 6.07) is 0. The molecule has 0 radical (unpaired) electrons. The summed E-state index contributed by atoms with van der Waals surface area (Å²) < 4.78 is 0. The van der Waals surface area contributed by atoms with Gasteiger partial charge in [-0.2, -0.15) is 0 Å². The fourth-order valence-corrected chi connectivity index (χ4v) is 2.33. The molecule has 13 heavy (non-hydrogen) atoms. The molecular weight excluding hydrogens is 226 g/mol. The Morgan fingerprint density at radius 2 is 2.23 bits per heavy atom. The van der Waals surface area contributed by atoms with Crippen molar-refractivity contribution in [3.8, 4) is 0 Å². The smallest absolute Gasteiger partial charge is 0.0619 e. The largest absolute Gasteiger partial charge is 0.121 e. The lowest BCUT2D eigenvalue weighted by Crippen LogP contribution is -2.37. The first-order valence-corrected chi connectivity index (χ1v) is 5.50. The van der Waals surface area contributed by atoms with Crippen LogP contribution in [0, 0.1) is 5.92 Å². The van der Waals surface area contributed by atoms with Gasteiger partial charge in [0.15, 0.2) is 0 Å². The van der Waals surface area contributed by atoms with E-state index in [1.807, 2.05) is 13.0 Å². The normalized spacial score (nSPS) is 41.4. The second kappa shape index (κ2) is 4.25. The van der Waals surface area contributed by atoms with E-state index in [0.717, 1.165) is 18.4 Å². The highest BCUT2D eigenvalue weighted by molar-refractivity contribution is 6.32. The number of alkyl halides is 2. The maximum atomic E-state index is 6.23. The molecule has 3 heteroatoms. The van der Waals surface area contributed by atoms with Crippen LogP contribution in [0.15, 0.2) is 23.8 Å². The van der Waals surface area contributed by atoms with Crippen LogP contribution in [-0.4, -0.2) is 10.3 Å². The Balaban J connectivity index is 2.73. The zero-order valence-corrected chi connectivity index (χ0v) is 9.83. The Kier molecular flexibility index (Phi) is 3.73. The van der Waals surface area contributed by atoms with Gasteiger partial charge in [0.2, 0.25) is 0 Å². The van der Waals surface area contributed by atoms with Gasteiger partial charge >= 0.3 is 0 Å². The van der Waals surface area contributed by atoms with Crippen molar-refractivity contribution >= 4 is 34.8 Å². The third kappa shape index (κ3) is 2.65. The highest BCUT2D eigenvalue weighted by Crippen LogP contribution is 2.42. The van der Waals surface area contributed by atoms with Crippen LogP contribution in [0.1, 0.15) is 19.8 Å². The van der Waals surface area contributed by atoms with Crippen LogP contribution in [0.5, 0.6) is 0 Å². The molecule has 1 aliphatic carbocycles. The Morgan fingerprint density at radius 1 is 1.62 bits per heavy atom. The average Bonchev–Trinajstić information content (AvgIpc) is 2.00. The van der Waals surface area contributed by atoms with E-state index in [1.165, 1.54) is 5.54 Å². The molecule has 0 bridgehead atoms. The summed E-state index contributed by atoms with van der Waals surface area (Å²) in [5.41, 5.74) is 2.64. The fraction of sp³-hybridized carbons (Fsp3) is 0.600. The van der Waals surface area contributed by atoms with E-state index in [2.05, 4.69) is 6.58 Å². The Hall–Kier alpha value is 0.350. The second-order valence-corrected chi connectivity index (χ2v) is 5.38. The average molecular weight is 240 g/mol. The van der Waals surface area contributed by atoms with Crippen LogP contribution in [0.2, 0.25) is 0 Å². The van der Waals surface area contributed by atoms with Crippen LogP contribution < -0.4 is 0 Å². The lowest BCUT2D eigenvalue weighted by Gasteiger charge is -2.37. The van der Waals surface area contributed by atoms with Gasteiger partial charge in [0.1, 0.15) is 0 Å². The number of hydrogen-bond donors (Lipinski definition) is 0. The minimum Gasteiger partial charge on any atom is -0.121 e. The van der Waals surface area contributed by atoms with Crippen molar-refractivity contribution in [2.24, 2.45) is 5.92 Å². The van der Waals surface area contributed by atoms with Gasteiger partial charge in [-0.25, -0.2) is 0 Å². The summed E-state index contributed by atoms with van der Waals surface area (Å²) in [6.45, 7) is 5.95. The van der Waals surface area contributed by atoms with E-state index in [1.54, 1.807) is 0 Å². The number of allylic oxidation sites excluding steroid dienone is 2. The van der Waals surface area contributed by atoms with Crippen molar-refractivity contribution in [3.05, 3.63) is 23.8 Å². The standard InChI is InChI=1S/C10H13Cl3/c1-7-6-10(2,13)9(12)5-8(7)3-4-11/h3-4,8-9H,1,5-6H2,2H3. The van der Waals surface area contributed by atoms with Gasteiger partial charge in [-0.1, -0.05) is 29.8 Å².